The van der Waals surface area contributed by atoms with E-state index in [2.05, 4.69) is 21.7 Å². The van der Waals surface area contributed by atoms with Crippen LogP contribution in [0.3, 0.4) is 0 Å². The van der Waals surface area contributed by atoms with E-state index in [1.165, 1.54) is 71.3 Å². The Balaban J connectivity index is 3.51. The van der Waals surface area contributed by atoms with Crippen molar-refractivity contribution < 1.29 is 14.6 Å². The molecule has 0 bridgehead atoms. The molecule has 1 N–H and O–H groups in total. The van der Waals surface area contributed by atoms with Gasteiger partial charge in [0.2, 0.25) is 0 Å². The van der Waals surface area contributed by atoms with E-state index in [0.717, 1.165) is 19.3 Å². The van der Waals surface area contributed by atoms with Gasteiger partial charge in [0.15, 0.2) is 6.04 Å². The van der Waals surface area contributed by atoms with Crippen LogP contribution in [0.5, 0.6) is 0 Å². The number of carbonyl (C=O) groups excluding carboxylic acids is 1. The highest BCUT2D eigenvalue weighted by atomic mass is 16.5. The minimum absolute atomic E-state index is 0.455. The molecular weight excluding hydrogens is 318 g/mol. The molecule has 0 unspecified atom stereocenters. The Morgan fingerprint density at radius 3 is 1.80 bits per heavy atom. The van der Waals surface area contributed by atoms with Crippen LogP contribution in [0.15, 0.2) is 5.11 Å². The van der Waals surface area contributed by atoms with Crippen LogP contribution in [0.1, 0.15) is 96.8 Å². The fourth-order valence-electron chi connectivity index (χ4n) is 2.99. The van der Waals surface area contributed by atoms with E-state index in [4.69, 9.17) is 5.53 Å². The van der Waals surface area contributed by atoms with Crippen molar-refractivity contribution in [2.75, 3.05) is 7.11 Å². The lowest BCUT2D eigenvalue weighted by molar-refractivity contribution is -0.144. The van der Waals surface area contributed by atoms with Crippen molar-refractivity contribution in [2.24, 2.45) is 5.11 Å². The van der Waals surface area contributed by atoms with Crippen molar-refractivity contribution in [2.45, 2.75) is 109 Å². The van der Waals surface area contributed by atoms with Crippen LogP contribution < -0.4 is 0 Å². The van der Waals surface area contributed by atoms with Gasteiger partial charge in [0.25, 0.3) is 0 Å². The van der Waals surface area contributed by atoms with Crippen LogP contribution in [0, 0.1) is 0 Å². The van der Waals surface area contributed by atoms with Gasteiger partial charge in [0, 0.05) is 4.91 Å². The number of hydrogen-bond acceptors (Lipinski definition) is 4. The van der Waals surface area contributed by atoms with Gasteiger partial charge in [-0.25, -0.2) is 0 Å². The molecule has 0 aromatic heterocycles. The van der Waals surface area contributed by atoms with E-state index in [1.54, 1.807) is 0 Å². The molecule has 0 aliphatic carbocycles. The molecule has 0 fully saturated rings. The fraction of sp³-hybridized carbons (Fsp3) is 0.947. The summed E-state index contributed by atoms with van der Waals surface area (Å²) in [6.07, 6.45) is 15.9. The Morgan fingerprint density at radius 1 is 0.960 bits per heavy atom. The molecule has 0 saturated heterocycles. The highest BCUT2D eigenvalue weighted by molar-refractivity contribution is 5.76. The predicted octanol–water partition coefficient (Wildman–Crippen LogP) is 5.68. The molecule has 0 aromatic carbocycles. The molecule has 2 atom stereocenters. The smallest absolute Gasteiger partial charge is 0.317 e. The first-order valence-corrected chi connectivity index (χ1v) is 9.97. The Hall–Kier alpha value is -1.26. The zero-order chi connectivity index (χ0) is 18.8. The second-order valence-electron chi connectivity index (χ2n) is 6.77. The highest BCUT2D eigenvalue weighted by Gasteiger charge is 2.25. The Morgan fingerprint density at radius 2 is 1.40 bits per heavy atom. The van der Waals surface area contributed by atoms with E-state index in [-0.39, 0.29) is 0 Å². The topological polar surface area (TPSA) is 95.3 Å². The van der Waals surface area contributed by atoms with Gasteiger partial charge in [-0.15, -0.1) is 0 Å². The standard InChI is InChI=1S/C19H37N3O3/c1-3-4-5-6-7-8-9-10-11-12-13-14-15-16-17(23)18(21-22-20)19(24)25-2/h17-18,23H,3-16H2,1-2H3/t17-,18+/m1/s1. The largest absolute Gasteiger partial charge is 0.469 e. The highest BCUT2D eigenvalue weighted by Crippen LogP contribution is 2.15. The summed E-state index contributed by atoms with van der Waals surface area (Å²) in [6, 6.07) is -1.13. The van der Waals surface area contributed by atoms with E-state index in [1.807, 2.05) is 0 Å². The lowest BCUT2D eigenvalue weighted by atomic mass is 10.0. The summed E-state index contributed by atoms with van der Waals surface area (Å²) in [5, 5.41) is 13.3. The molecule has 0 aliphatic rings. The third-order valence-corrected chi connectivity index (χ3v) is 4.59. The third-order valence-electron chi connectivity index (χ3n) is 4.59. The average Bonchev–Trinajstić information content (AvgIpc) is 2.62. The molecule has 0 rings (SSSR count). The molecule has 146 valence electrons. The summed E-state index contributed by atoms with van der Waals surface area (Å²) in [5.41, 5.74) is 8.45. The quantitative estimate of drug-likeness (QED) is 0.119. The predicted molar refractivity (Wildman–Crippen MR) is 101 cm³/mol. The number of azide groups is 1. The van der Waals surface area contributed by atoms with Crippen molar-refractivity contribution in [3.63, 3.8) is 0 Å². The van der Waals surface area contributed by atoms with Gasteiger partial charge in [0.1, 0.15) is 0 Å². The monoisotopic (exact) mass is 355 g/mol. The molecule has 6 nitrogen and oxygen atoms in total. The van der Waals surface area contributed by atoms with Gasteiger partial charge in [-0.3, -0.25) is 4.79 Å². The molecular formula is C19H37N3O3. The molecule has 0 radical (unpaired) electrons. The van der Waals surface area contributed by atoms with Gasteiger partial charge in [-0.2, -0.15) is 0 Å². The Labute approximate surface area is 153 Å². The number of unbranched alkanes of at least 4 members (excludes halogenated alkanes) is 12. The van der Waals surface area contributed by atoms with Crippen molar-refractivity contribution in [3.05, 3.63) is 10.4 Å². The molecule has 0 spiro atoms. The minimum atomic E-state index is -1.13. The van der Waals surface area contributed by atoms with Crippen LogP contribution in [0.25, 0.3) is 10.4 Å². The maximum absolute atomic E-state index is 11.4. The van der Waals surface area contributed by atoms with Gasteiger partial charge in [-0.05, 0) is 12.0 Å². The second-order valence-corrected chi connectivity index (χ2v) is 6.77. The van der Waals surface area contributed by atoms with Crippen LogP contribution in [-0.2, 0) is 9.53 Å². The number of esters is 1. The van der Waals surface area contributed by atoms with E-state index in [0.29, 0.717) is 6.42 Å². The number of rotatable bonds is 17. The first kappa shape index (κ1) is 23.7. The Kier molecular flexibility index (Phi) is 16.7. The van der Waals surface area contributed by atoms with Crippen molar-refractivity contribution >= 4 is 5.97 Å². The van der Waals surface area contributed by atoms with Crippen LogP contribution in [0.4, 0.5) is 0 Å². The Bertz CT molecular complexity index is 371. The molecule has 0 aromatic rings. The van der Waals surface area contributed by atoms with Gasteiger partial charge in [-0.1, -0.05) is 95.5 Å². The molecule has 0 aliphatic heterocycles. The second kappa shape index (κ2) is 17.6. The van der Waals surface area contributed by atoms with Crippen molar-refractivity contribution in [1.29, 1.82) is 0 Å². The number of aliphatic hydroxyl groups is 1. The summed E-state index contributed by atoms with van der Waals surface area (Å²) in [7, 11) is 1.22. The van der Waals surface area contributed by atoms with Crippen LogP contribution in [-0.4, -0.2) is 30.3 Å². The van der Waals surface area contributed by atoms with E-state index in [9.17, 15) is 9.90 Å². The molecule has 25 heavy (non-hydrogen) atoms. The summed E-state index contributed by atoms with van der Waals surface area (Å²) in [4.78, 5) is 14.0. The van der Waals surface area contributed by atoms with Crippen molar-refractivity contribution in [1.82, 2.24) is 0 Å². The third kappa shape index (κ3) is 13.7. The van der Waals surface area contributed by atoms with Crippen LogP contribution >= 0.6 is 0 Å². The van der Waals surface area contributed by atoms with Crippen molar-refractivity contribution in [3.8, 4) is 0 Å². The SMILES string of the molecule is CCCCCCCCCCCCCCC[C@@H](O)[C@H](N=[N+]=[N-])C(=O)OC. The van der Waals surface area contributed by atoms with Gasteiger partial charge in [0.05, 0.1) is 13.2 Å². The summed E-state index contributed by atoms with van der Waals surface area (Å²) >= 11 is 0. The van der Waals surface area contributed by atoms with Gasteiger partial charge < -0.3 is 9.84 Å². The molecule has 0 amide bonds. The zero-order valence-electron chi connectivity index (χ0n) is 16.2. The van der Waals surface area contributed by atoms with Gasteiger partial charge >= 0.3 is 5.97 Å². The minimum Gasteiger partial charge on any atom is -0.469 e. The first-order valence-electron chi connectivity index (χ1n) is 9.97. The maximum atomic E-state index is 11.4. The number of nitrogens with zero attached hydrogens (tertiary/aromatic N) is 3. The molecule has 6 heteroatoms. The molecule has 0 heterocycles. The summed E-state index contributed by atoms with van der Waals surface area (Å²) in [6.45, 7) is 2.25. The number of carbonyl (C=O) groups is 1. The number of aliphatic hydroxyl groups excluding tert-OH is 1. The van der Waals surface area contributed by atoms with E-state index >= 15 is 0 Å². The number of methoxy groups -OCH3 is 1. The zero-order valence-corrected chi connectivity index (χ0v) is 16.2. The number of hydrogen-bond donors (Lipinski definition) is 1. The lowest BCUT2D eigenvalue weighted by Crippen LogP contribution is -2.33. The van der Waals surface area contributed by atoms with E-state index < -0.39 is 18.1 Å². The molecule has 0 saturated carbocycles. The normalized spacial score (nSPS) is 13.1. The lowest BCUT2D eigenvalue weighted by Gasteiger charge is -2.15. The maximum Gasteiger partial charge on any atom is 0.317 e. The summed E-state index contributed by atoms with van der Waals surface area (Å²) in [5.74, 6) is -0.681. The average molecular weight is 356 g/mol. The van der Waals surface area contributed by atoms with Crippen LogP contribution in [0.2, 0.25) is 0 Å². The summed E-state index contributed by atoms with van der Waals surface area (Å²) < 4.78 is 4.54. The fourth-order valence-corrected chi connectivity index (χ4v) is 2.99. The number of ether oxygens (including phenoxy) is 1. The first-order chi connectivity index (χ1) is 12.2.